The van der Waals surface area contributed by atoms with Crippen LogP contribution >= 0.6 is 0 Å². The summed E-state index contributed by atoms with van der Waals surface area (Å²) in [5, 5.41) is 18.7. The Morgan fingerprint density at radius 1 is 1.31 bits per heavy atom. The number of fused-ring (bicyclic) bond motifs is 1. The summed E-state index contributed by atoms with van der Waals surface area (Å²) in [6.45, 7) is 0.783. The largest absolute Gasteiger partial charge is 0.496 e. The number of aromatic nitrogens is 4. The second kappa shape index (κ2) is 9.17. The van der Waals surface area contributed by atoms with Crippen LogP contribution in [0.15, 0.2) is 48.8 Å². The van der Waals surface area contributed by atoms with E-state index in [-0.39, 0.29) is 36.0 Å². The number of halogens is 1. The molecule has 36 heavy (non-hydrogen) atoms. The Morgan fingerprint density at radius 2 is 2.11 bits per heavy atom. The quantitative estimate of drug-likeness (QED) is 0.405. The molecule has 0 saturated carbocycles. The van der Waals surface area contributed by atoms with Gasteiger partial charge in [-0.1, -0.05) is 6.07 Å². The number of rotatable bonds is 7. The van der Waals surface area contributed by atoms with Crippen molar-refractivity contribution in [1.29, 1.82) is 0 Å². The summed E-state index contributed by atoms with van der Waals surface area (Å²) in [7, 11) is 5.09. The highest BCUT2D eigenvalue weighted by Gasteiger charge is 2.38. The van der Waals surface area contributed by atoms with Gasteiger partial charge in [-0.05, 0) is 30.3 Å². The lowest BCUT2D eigenvalue weighted by atomic mass is 10.0. The number of ether oxygens (including phenoxy) is 2. The van der Waals surface area contributed by atoms with Crippen LogP contribution in [0.25, 0.3) is 22.3 Å². The van der Waals surface area contributed by atoms with Crippen molar-refractivity contribution in [3.05, 3.63) is 60.3 Å². The Bertz CT molecular complexity index is 1450. The number of anilines is 2. The van der Waals surface area contributed by atoms with Crippen LogP contribution < -0.4 is 15.0 Å². The number of carbonyl (C=O) groups is 1. The van der Waals surface area contributed by atoms with Crippen molar-refractivity contribution in [2.75, 3.05) is 44.1 Å². The number of aryl methyl sites for hydroxylation is 1. The molecule has 3 heterocycles. The van der Waals surface area contributed by atoms with Crippen molar-refractivity contribution in [1.82, 2.24) is 19.7 Å². The van der Waals surface area contributed by atoms with E-state index in [1.54, 1.807) is 23.0 Å². The predicted octanol–water partition coefficient (Wildman–Crippen LogP) is 2.63. The fraction of sp³-hybridized carbons (Fsp3) is 0.280. The average molecular weight is 493 g/mol. The van der Waals surface area contributed by atoms with Gasteiger partial charge in [0.1, 0.15) is 22.9 Å². The molecule has 0 aliphatic carbocycles. The van der Waals surface area contributed by atoms with Gasteiger partial charge in [-0.25, -0.2) is 14.4 Å². The summed E-state index contributed by atoms with van der Waals surface area (Å²) in [6.07, 6.45) is 3.11. The molecule has 2 aromatic carbocycles. The number of hydrogen-bond acceptors (Lipinski definition) is 8. The van der Waals surface area contributed by atoms with E-state index in [2.05, 4.69) is 20.4 Å². The molecule has 0 unspecified atom stereocenters. The summed E-state index contributed by atoms with van der Waals surface area (Å²) >= 11 is 0. The number of aliphatic hydroxyl groups is 1. The highest BCUT2D eigenvalue weighted by Crippen LogP contribution is 2.36. The van der Waals surface area contributed by atoms with E-state index in [4.69, 9.17) is 9.47 Å². The van der Waals surface area contributed by atoms with E-state index in [0.29, 0.717) is 17.9 Å². The van der Waals surface area contributed by atoms with Gasteiger partial charge in [-0.3, -0.25) is 9.48 Å². The van der Waals surface area contributed by atoms with E-state index < -0.39 is 17.3 Å². The fourth-order valence-electron chi connectivity index (χ4n) is 4.36. The summed E-state index contributed by atoms with van der Waals surface area (Å²) in [6, 6.07) is 9.48. The smallest absolute Gasteiger partial charge is 0.274 e. The van der Waals surface area contributed by atoms with Crippen LogP contribution in [0.1, 0.15) is 10.5 Å². The van der Waals surface area contributed by atoms with Gasteiger partial charge in [-0.15, -0.1) is 0 Å². The first-order chi connectivity index (χ1) is 17.3. The molecule has 1 amide bonds. The average Bonchev–Trinajstić information content (AvgIpc) is 3.23. The van der Waals surface area contributed by atoms with Gasteiger partial charge in [0.15, 0.2) is 5.82 Å². The van der Waals surface area contributed by atoms with E-state index >= 15 is 0 Å². The summed E-state index contributed by atoms with van der Waals surface area (Å²) in [5.41, 5.74) is 1.22. The number of hydrogen-bond donors (Lipinski definition) is 2. The number of methoxy groups -OCH3 is 1. The molecule has 11 heteroatoms. The van der Waals surface area contributed by atoms with Crippen LogP contribution in [0.3, 0.4) is 0 Å². The Kier molecular flexibility index (Phi) is 6.02. The van der Waals surface area contributed by atoms with E-state index in [1.807, 2.05) is 25.1 Å². The Labute approximate surface area is 206 Å². The van der Waals surface area contributed by atoms with E-state index in [9.17, 15) is 14.3 Å². The maximum absolute atomic E-state index is 14.6. The topological polar surface area (TPSA) is 115 Å². The lowest BCUT2D eigenvalue weighted by Crippen LogP contribution is -2.56. The van der Waals surface area contributed by atoms with Crippen molar-refractivity contribution in [2.45, 2.75) is 5.60 Å². The van der Waals surface area contributed by atoms with Gasteiger partial charge >= 0.3 is 0 Å². The monoisotopic (exact) mass is 492 g/mol. The van der Waals surface area contributed by atoms with Crippen LogP contribution in [-0.2, 0) is 11.8 Å². The highest BCUT2D eigenvalue weighted by molar-refractivity contribution is 6.09. The first-order valence-electron chi connectivity index (χ1n) is 11.2. The van der Waals surface area contributed by atoms with Gasteiger partial charge in [0.05, 0.1) is 55.5 Å². The Morgan fingerprint density at radius 3 is 2.83 bits per heavy atom. The highest BCUT2D eigenvalue weighted by atomic mass is 19.1. The molecular weight excluding hydrogens is 467 g/mol. The Balaban J connectivity index is 1.49. The molecule has 1 fully saturated rings. The maximum Gasteiger partial charge on any atom is 0.274 e. The van der Waals surface area contributed by atoms with Crippen LogP contribution in [0.5, 0.6) is 5.75 Å². The normalized spacial score (nSPS) is 14.4. The van der Waals surface area contributed by atoms with Crippen LogP contribution in [0.2, 0.25) is 0 Å². The SMILES string of the molecule is COc1cccc(F)c1-c1nccc(C(=O)Nc2ccc3c(cnn3C)c2N(C)CC2(O)COC2)n1. The molecule has 4 aromatic rings. The van der Waals surface area contributed by atoms with Crippen molar-refractivity contribution >= 4 is 28.2 Å². The number of amides is 1. The van der Waals surface area contributed by atoms with Gasteiger partial charge < -0.3 is 24.8 Å². The number of nitrogens with one attached hydrogen (secondary N) is 1. The van der Waals surface area contributed by atoms with Crippen LogP contribution in [0.4, 0.5) is 15.8 Å². The second-order valence-electron chi connectivity index (χ2n) is 8.77. The zero-order valence-corrected chi connectivity index (χ0v) is 20.0. The van der Waals surface area contributed by atoms with Gasteiger partial charge in [0.25, 0.3) is 5.91 Å². The molecular formula is C25H25FN6O4. The fourth-order valence-corrected chi connectivity index (χ4v) is 4.36. The number of carbonyl (C=O) groups excluding carboxylic acids is 1. The first-order valence-corrected chi connectivity index (χ1v) is 11.2. The van der Waals surface area contributed by atoms with Crippen molar-refractivity contribution in [3.8, 4) is 17.1 Å². The third-order valence-corrected chi connectivity index (χ3v) is 6.11. The molecule has 0 radical (unpaired) electrons. The maximum atomic E-state index is 14.6. The van der Waals surface area contributed by atoms with Gasteiger partial charge in [-0.2, -0.15) is 5.10 Å². The minimum Gasteiger partial charge on any atom is -0.496 e. The molecule has 1 aliphatic rings. The zero-order valence-electron chi connectivity index (χ0n) is 20.0. The molecule has 5 rings (SSSR count). The van der Waals surface area contributed by atoms with Crippen LogP contribution in [-0.4, -0.2) is 70.3 Å². The molecule has 186 valence electrons. The van der Waals surface area contributed by atoms with Crippen LogP contribution in [0, 0.1) is 5.82 Å². The van der Waals surface area contributed by atoms with Gasteiger partial charge in [0.2, 0.25) is 0 Å². The van der Waals surface area contributed by atoms with Gasteiger partial charge in [0, 0.05) is 25.7 Å². The minimum atomic E-state index is -0.971. The lowest BCUT2D eigenvalue weighted by Gasteiger charge is -2.40. The number of benzene rings is 2. The third-order valence-electron chi connectivity index (χ3n) is 6.11. The predicted molar refractivity (Wildman–Crippen MR) is 132 cm³/mol. The molecule has 0 spiro atoms. The molecule has 2 N–H and O–H groups in total. The lowest BCUT2D eigenvalue weighted by molar-refractivity contribution is -0.171. The molecule has 1 saturated heterocycles. The Hall–Kier alpha value is -4.09. The third kappa shape index (κ3) is 4.23. The van der Waals surface area contributed by atoms with E-state index in [1.165, 1.54) is 31.5 Å². The summed E-state index contributed by atoms with van der Waals surface area (Å²) in [4.78, 5) is 23.6. The van der Waals surface area contributed by atoms with Crippen molar-refractivity contribution < 1.29 is 23.8 Å². The second-order valence-corrected chi connectivity index (χ2v) is 8.77. The van der Waals surface area contributed by atoms with E-state index in [0.717, 1.165) is 10.9 Å². The molecule has 0 atom stereocenters. The molecule has 2 aromatic heterocycles. The zero-order chi connectivity index (χ0) is 25.4. The van der Waals surface area contributed by atoms with Crippen molar-refractivity contribution in [3.63, 3.8) is 0 Å². The molecule has 10 nitrogen and oxygen atoms in total. The first kappa shape index (κ1) is 23.6. The summed E-state index contributed by atoms with van der Waals surface area (Å²) in [5.74, 6) is -0.769. The standard InChI is InChI=1S/C25H25FN6O4/c1-31(12-25(34)13-36-14-25)22-15-11-28-32(2)19(15)8-7-17(22)30-24(33)18-9-10-27-23(29-18)21-16(26)5-4-6-20(21)35-3/h4-11,34H,12-14H2,1-3H3,(H,30,33). The molecule has 1 aliphatic heterocycles. The summed E-state index contributed by atoms with van der Waals surface area (Å²) < 4.78 is 26.7. The minimum absolute atomic E-state index is 0.0323. The number of likely N-dealkylation sites (N-methyl/N-ethyl adjacent to an activating group) is 1. The molecule has 0 bridgehead atoms. The van der Waals surface area contributed by atoms with Crippen molar-refractivity contribution in [2.24, 2.45) is 7.05 Å². The number of nitrogens with zero attached hydrogens (tertiary/aromatic N) is 5.